The van der Waals surface area contributed by atoms with Crippen LogP contribution in [0.4, 0.5) is 0 Å². The molecule has 5 aromatic rings. The Morgan fingerprint density at radius 3 is 2.11 bits per heavy atom. The maximum absolute atomic E-state index is 6.11. The summed E-state index contributed by atoms with van der Waals surface area (Å²) in [6, 6.07) is 20.9. The van der Waals surface area contributed by atoms with Gasteiger partial charge in [-0.15, -0.1) is 10.2 Å². The zero-order chi connectivity index (χ0) is 25.1. The number of fused-ring (bicyclic) bond motifs is 1. The van der Waals surface area contributed by atoms with Gasteiger partial charge in [-0.05, 0) is 53.6 Å². The van der Waals surface area contributed by atoms with Gasteiger partial charge in [-0.25, -0.2) is 0 Å². The van der Waals surface area contributed by atoms with Crippen molar-refractivity contribution in [3.8, 4) is 34.6 Å². The molecule has 8 nitrogen and oxygen atoms in total. The highest BCUT2D eigenvalue weighted by Crippen LogP contribution is 2.41. The molecule has 0 spiro atoms. The second-order valence-electron chi connectivity index (χ2n) is 7.81. The van der Waals surface area contributed by atoms with Crippen LogP contribution in [0.2, 0.25) is 0 Å². The first-order valence-electron chi connectivity index (χ1n) is 11.1. The summed E-state index contributed by atoms with van der Waals surface area (Å²) in [5.41, 5.74) is 3.04. The highest BCUT2D eigenvalue weighted by molar-refractivity contribution is 5.90. The Hall–Kier alpha value is -4.72. The van der Waals surface area contributed by atoms with E-state index in [9.17, 15) is 0 Å². The number of para-hydroxylation sites is 1. The molecular formula is C28H24N2O6. The van der Waals surface area contributed by atoms with E-state index >= 15 is 0 Å². The van der Waals surface area contributed by atoms with Gasteiger partial charge in [-0.2, -0.15) is 0 Å². The molecule has 0 aliphatic heterocycles. The first-order chi connectivity index (χ1) is 17.6. The van der Waals surface area contributed by atoms with Crippen LogP contribution in [0, 0.1) is 0 Å². The quantitative estimate of drug-likeness (QED) is 0.244. The fourth-order valence-corrected chi connectivity index (χ4v) is 3.89. The number of nitrogens with zero attached hydrogens (tertiary/aromatic N) is 2. The van der Waals surface area contributed by atoms with Gasteiger partial charge in [0.2, 0.25) is 11.6 Å². The average molecular weight is 485 g/mol. The predicted molar refractivity (Wildman–Crippen MR) is 136 cm³/mol. The Bertz CT molecular complexity index is 1470. The molecule has 2 heterocycles. The Balaban J connectivity index is 1.64. The van der Waals surface area contributed by atoms with Gasteiger partial charge < -0.3 is 27.8 Å². The summed E-state index contributed by atoms with van der Waals surface area (Å²) >= 11 is 0. The van der Waals surface area contributed by atoms with Crippen molar-refractivity contribution in [1.29, 1.82) is 0 Å². The van der Waals surface area contributed by atoms with Crippen molar-refractivity contribution < 1.29 is 27.8 Å². The topological polar surface area (TPSA) is 89.0 Å². The first kappa shape index (κ1) is 23.0. The third-order valence-electron chi connectivity index (χ3n) is 5.69. The van der Waals surface area contributed by atoms with Crippen molar-refractivity contribution in [3.05, 3.63) is 83.7 Å². The zero-order valence-electron chi connectivity index (χ0n) is 20.3. The summed E-state index contributed by atoms with van der Waals surface area (Å²) in [6.45, 7) is 0. The molecule has 8 heteroatoms. The van der Waals surface area contributed by atoms with Crippen molar-refractivity contribution in [3.63, 3.8) is 0 Å². The van der Waals surface area contributed by atoms with Gasteiger partial charge in [0.05, 0.1) is 28.4 Å². The Morgan fingerprint density at radius 1 is 0.750 bits per heavy atom. The lowest BCUT2D eigenvalue weighted by Crippen LogP contribution is -1.98. The van der Waals surface area contributed by atoms with E-state index in [1.807, 2.05) is 72.8 Å². The van der Waals surface area contributed by atoms with Crippen LogP contribution in [0.15, 0.2) is 75.6 Å². The fraction of sp³-hybridized carbons (Fsp3) is 0.143. The molecule has 36 heavy (non-hydrogen) atoms. The molecule has 0 aliphatic rings. The molecule has 0 saturated heterocycles. The molecule has 0 bridgehead atoms. The van der Waals surface area contributed by atoms with Crippen molar-refractivity contribution in [1.82, 2.24) is 10.2 Å². The summed E-state index contributed by atoms with van der Waals surface area (Å²) < 4.78 is 33.9. The third kappa shape index (κ3) is 4.36. The molecule has 0 radical (unpaired) electrons. The number of rotatable bonds is 8. The first-order valence-corrected chi connectivity index (χ1v) is 11.1. The number of hydrogen-bond donors (Lipinski definition) is 0. The highest BCUT2D eigenvalue weighted by atomic mass is 16.5. The van der Waals surface area contributed by atoms with Crippen molar-refractivity contribution in [2.24, 2.45) is 0 Å². The van der Waals surface area contributed by atoms with E-state index in [1.54, 1.807) is 28.4 Å². The minimum Gasteiger partial charge on any atom is -0.497 e. The molecule has 0 N–H and O–H groups in total. The van der Waals surface area contributed by atoms with Crippen molar-refractivity contribution >= 4 is 22.6 Å². The Morgan fingerprint density at radius 2 is 1.47 bits per heavy atom. The zero-order valence-corrected chi connectivity index (χ0v) is 20.3. The average Bonchev–Trinajstić information content (AvgIpc) is 3.58. The molecule has 0 unspecified atom stereocenters. The van der Waals surface area contributed by atoms with E-state index in [0.29, 0.717) is 34.5 Å². The summed E-state index contributed by atoms with van der Waals surface area (Å²) in [6.07, 6.45) is 1.94. The molecule has 0 aliphatic carbocycles. The minimum atomic E-state index is 0.272. The lowest BCUT2D eigenvalue weighted by Gasteiger charge is -2.15. The van der Waals surface area contributed by atoms with Crippen LogP contribution >= 0.6 is 0 Å². The second-order valence-corrected chi connectivity index (χ2v) is 7.81. The van der Waals surface area contributed by atoms with Crippen LogP contribution in [0.3, 0.4) is 0 Å². The van der Waals surface area contributed by atoms with E-state index in [0.717, 1.165) is 27.8 Å². The fourth-order valence-electron chi connectivity index (χ4n) is 3.89. The normalized spacial score (nSPS) is 11.5. The number of hydrogen-bond acceptors (Lipinski definition) is 8. The van der Waals surface area contributed by atoms with Crippen LogP contribution in [0.5, 0.6) is 23.0 Å². The van der Waals surface area contributed by atoms with Gasteiger partial charge >= 0.3 is 0 Å². The van der Waals surface area contributed by atoms with Crippen molar-refractivity contribution in [2.75, 3.05) is 28.4 Å². The van der Waals surface area contributed by atoms with E-state index < -0.39 is 0 Å². The third-order valence-corrected chi connectivity index (χ3v) is 5.69. The Kier molecular flexibility index (Phi) is 6.32. The standard InChI is InChI=1S/C28H24N2O6/c1-31-20-11-9-17(10-12-20)13-21(19-15-23(32-2)26(34-4)24(16-19)33-3)27-29-30-28(36-27)25-14-18-7-5-6-8-22(18)35-25/h5-16H,1-4H3/b21-13+. The highest BCUT2D eigenvalue weighted by Gasteiger charge is 2.21. The molecule has 0 saturated carbocycles. The van der Waals surface area contributed by atoms with E-state index in [1.165, 1.54) is 0 Å². The molecule has 5 rings (SSSR count). The van der Waals surface area contributed by atoms with E-state index in [-0.39, 0.29) is 5.89 Å². The smallest absolute Gasteiger partial charge is 0.283 e. The number of furan rings is 1. The lowest BCUT2D eigenvalue weighted by molar-refractivity contribution is 0.324. The molecule has 0 atom stereocenters. The summed E-state index contributed by atoms with van der Waals surface area (Å²) in [7, 11) is 6.33. The van der Waals surface area contributed by atoms with Gasteiger partial charge in [0.15, 0.2) is 17.3 Å². The second kappa shape index (κ2) is 9.87. The monoisotopic (exact) mass is 484 g/mol. The van der Waals surface area contributed by atoms with Gasteiger partial charge in [0.25, 0.3) is 5.89 Å². The van der Waals surface area contributed by atoms with Crippen molar-refractivity contribution in [2.45, 2.75) is 0 Å². The van der Waals surface area contributed by atoms with Crippen LogP contribution in [0.25, 0.3) is 34.3 Å². The largest absolute Gasteiger partial charge is 0.497 e. The summed E-state index contributed by atoms with van der Waals surface area (Å²) in [4.78, 5) is 0. The number of ether oxygens (including phenoxy) is 4. The lowest BCUT2D eigenvalue weighted by atomic mass is 10.0. The van der Waals surface area contributed by atoms with Gasteiger partial charge in [-0.1, -0.05) is 30.3 Å². The summed E-state index contributed by atoms with van der Waals surface area (Å²) in [5.74, 6) is 3.31. The number of methoxy groups -OCH3 is 4. The van der Waals surface area contributed by atoms with E-state index in [4.69, 9.17) is 27.8 Å². The maximum Gasteiger partial charge on any atom is 0.283 e. The molecular weight excluding hydrogens is 460 g/mol. The molecule has 182 valence electrons. The number of aromatic nitrogens is 2. The maximum atomic E-state index is 6.11. The van der Waals surface area contributed by atoms with Crippen LogP contribution < -0.4 is 18.9 Å². The molecule has 0 amide bonds. The van der Waals surface area contributed by atoms with Gasteiger partial charge in [0, 0.05) is 11.0 Å². The molecule has 0 fully saturated rings. The summed E-state index contributed by atoms with van der Waals surface area (Å²) in [5, 5.41) is 9.55. The van der Waals surface area contributed by atoms with Crippen LogP contribution in [-0.2, 0) is 0 Å². The SMILES string of the molecule is COc1ccc(/C=C(\c2cc(OC)c(OC)c(OC)c2)c2nnc(-c3cc4ccccc4o3)o2)cc1. The molecule has 3 aromatic carbocycles. The number of benzene rings is 3. The Labute approximate surface area is 207 Å². The minimum absolute atomic E-state index is 0.272. The molecule has 2 aromatic heterocycles. The van der Waals surface area contributed by atoms with Crippen LogP contribution in [0.1, 0.15) is 17.0 Å². The predicted octanol–water partition coefficient (Wildman–Crippen LogP) is 6.11. The van der Waals surface area contributed by atoms with Gasteiger partial charge in [-0.3, -0.25) is 0 Å². The van der Waals surface area contributed by atoms with Crippen LogP contribution in [-0.4, -0.2) is 38.6 Å². The van der Waals surface area contributed by atoms with Gasteiger partial charge in [0.1, 0.15) is 11.3 Å². The van der Waals surface area contributed by atoms with E-state index in [2.05, 4.69) is 10.2 Å².